The molecule has 9 heteroatoms. The van der Waals surface area contributed by atoms with E-state index in [4.69, 9.17) is 20.0 Å². The Kier molecular flexibility index (Phi) is 7.54. The first-order chi connectivity index (χ1) is 17.5. The Bertz CT molecular complexity index is 1360. The summed E-state index contributed by atoms with van der Waals surface area (Å²) < 4.78 is 11.7. The smallest absolute Gasteiger partial charge is 0.260 e. The molecule has 2 N–H and O–H groups in total. The quantitative estimate of drug-likeness (QED) is 0.456. The van der Waals surface area contributed by atoms with Crippen LogP contribution in [0.5, 0.6) is 11.6 Å². The number of aryl methyl sites for hydroxylation is 2. The van der Waals surface area contributed by atoms with Crippen molar-refractivity contribution >= 4 is 23.6 Å². The molecule has 0 radical (unpaired) electrons. The second kappa shape index (κ2) is 11.1. The van der Waals surface area contributed by atoms with E-state index < -0.39 is 5.91 Å². The van der Waals surface area contributed by atoms with Gasteiger partial charge in [-0.1, -0.05) is 0 Å². The second-order valence-electron chi connectivity index (χ2n) is 8.25. The number of rotatable bonds is 7. The van der Waals surface area contributed by atoms with E-state index in [0.29, 0.717) is 23.6 Å². The molecule has 36 heavy (non-hydrogen) atoms. The van der Waals surface area contributed by atoms with Crippen LogP contribution in [0, 0.1) is 36.5 Å². The van der Waals surface area contributed by atoms with Gasteiger partial charge in [0.1, 0.15) is 17.5 Å². The molecule has 1 fully saturated rings. The maximum Gasteiger partial charge on any atom is 0.260 e. The van der Waals surface area contributed by atoms with Crippen LogP contribution in [0.1, 0.15) is 45.5 Å². The molecule has 4 rings (SSSR count). The molecular weight excluding hydrogens is 456 g/mol. The molecule has 0 aliphatic carbocycles. The van der Waals surface area contributed by atoms with Gasteiger partial charge in [0.05, 0.1) is 17.7 Å². The summed E-state index contributed by atoms with van der Waals surface area (Å²) in [7, 11) is 0. The summed E-state index contributed by atoms with van der Waals surface area (Å²) in [6.07, 6.45) is 5.78. The zero-order chi connectivity index (χ0) is 25.5. The molecule has 2 heterocycles. The first-order valence-corrected chi connectivity index (χ1v) is 11.4. The summed E-state index contributed by atoms with van der Waals surface area (Å²) in [5, 5.41) is 23.7. The molecule has 3 aromatic rings. The number of hydrogen-bond acceptors (Lipinski definition) is 8. The number of nitriles is 2. The molecule has 0 spiro atoms. The third kappa shape index (κ3) is 5.84. The summed E-state index contributed by atoms with van der Waals surface area (Å²) in [5.74, 6) is 0.472. The van der Waals surface area contributed by atoms with Gasteiger partial charge in [-0.3, -0.25) is 4.79 Å². The van der Waals surface area contributed by atoms with Gasteiger partial charge in [0.25, 0.3) is 5.91 Å². The average Bonchev–Trinajstić information content (AvgIpc) is 3.38. The predicted molar refractivity (Wildman–Crippen MR) is 134 cm³/mol. The van der Waals surface area contributed by atoms with Gasteiger partial charge < -0.3 is 20.1 Å². The molecule has 1 unspecified atom stereocenters. The van der Waals surface area contributed by atoms with Gasteiger partial charge in [-0.2, -0.15) is 15.5 Å². The van der Waals surface area contributed by atoms with Crippen LogP contribution in [0.15, 0.2) is 48.7 Å². The molecule has 0 bridgehead atoms. The van der Waals surface area contributed by atoms with E-state index in [0.717, 1.165) is 29.5 Å². The van der Waals surface area contributed by atoms with E-state index >= 15 is 0 Å². The number of amides is 1. The van der Waals surface area contributed by atoms with E-state index in [1.165, 1.54) is 12.3 Å². The molecule has 180 valence electrons. The highest BCUT2D eigenvalue weighted by Gasteiger charge is 2.23. The van der Waals surface area contributed by atoms with Gasteiger partial charge in [-0.15, -0.1) is 0 Å². The van der Waals surface area contributed by atoms with E-state index in [-0.39, 0.29) is 23.6 Å². The van der Waals surface area contributed by atoms with Crippen LogP contribution in [0.25, 0.3) is 6.08 Å². The lowest BCUT2D eigenvalue weighted by molar-refractivity contribution is 0.0637. The second-order valence-corrected chi connectivity index (χ2v) is 8.25. The van der Waals surface area contributed by atoms with Crippen LogP contribution in [0.4, 0.5) is 11.6 Å². The van der Waals surface area contributed by atoms with Crippen molar-refractivity contribution in [2.45, 2.75) is 32.9 Å². The van der Waals surface area contributed by atoms with Crippen molar-refractivity contribution in [1.29, 1.82) is 10.5 Å². The normalized spacial score (nSPS) is 14.7. The van der Waals surface area contributed by atoms with Gasteiger partial charge >= 0.3 is 0 Å². The average molecular weight is 481 g/mol. The highest BCUT2D eigenvalue weighted by atomic mass is 16.5. The predicted octanol–water partition coefficient (Wildman–Crippen LogP) is 4.90. The fraction of sp³-hybridized carbons (Fsp3) is 0.222. The Morgan fingerprint density at radius 2 is 1.94 bits per heavy atom. The lowest BCUT2D eigenvalue weighted by Crippen LogP contribution is -2.34. The minimum atomic E-state index is -0.397. The van der Waals surface area contributed by atoms with Gasteiger partial charge in [-0.05, 0) is 85.9 Å². The minimum Gasteiger partial charge on any atom is -0.437 e. The SMILES string of the molecule is Cc1cc(/C=C/C#N)cc(C)c1Oc1nc(Nc2ccc(C#N)cc2)ncc1C(=O)NC1CCCO1. The summed E-state index contributed by atoms with van der Waals surface area (Å²) in [4.78, 5) is 21.8. The van der Waals surface area contributed by atoms with E-state index in [9.17, 15) is 4.79 Å². The standard InChI is InChI=1S/C27H24N6O3/c1-17-13-20(5-3-11-28)14-18(2)24(17)36-26-22(25(34)32-23-6-4-12-35-23)16-30-27(33-26)31-21-9-7-19(15-29)8-10-21/h3,5,7-10,13-14,16,23H,4,6,12H2,1-2H3,(H,32,34)(H,30,31,33)/b5-3+. The Labute approximate surface area is 209 Å². The lowest BCUT2D eigenvalue weighted by atomic mass is 10.1. The highest BCUT2D eigenvalue weighted by molar-refractivity contribution is 5.96. The first-order valence-electron chi connectivity index (χ1n) is 11.4. The third-order valence-electron chi connectivity index (χ3n) is 5.52. The van der Waals surface area contributed by atoms with E-state index in [1.807, 2.05) is 32.0 Å². The molecule has 1 aromatic heterocycles. The molecule has 0 saturated carbocycles. The van der Waals surface area contributed by atoms with E-state index in [1.54, 1.807) is 30.3 Å². The summed E-state index contributed by atoms with van der Waals surface area (Å²) in [6.45, 7) is 4.37. The van der Waals surface area contributed by atoms with Crippen LogP contribution in [0.3, 0.4) is 0 Å². The number of benzene rings is 2. The number of anilines is 2. The number of allylic oxidation sites excluding steroid dienone is 1. The number of ether oxygens (including phenoxy) is 2. The Morgan fingerprint density at radius 1 is 1.19 bits per heavy atom. The topological polar surface area (TPSA) is 133 Å². The van der Waals surface area contributed by atoms with Crippen LogP contribution in [-0.2, 0) is 4.74 Å². The zero-order valence-corrected chi connectivity index (χ0v) is 19.9. The molecule has 1 amide bonds. The molecule has 1 atom stereocenters. The fourth-order valence-electron chi connectivity index (χ4n) is 3.80. The number of hydrogen-bond donors (Lipinski definition) is 2. The van der Waals surface area contributed by atoms with Gasteiger partial charge in [-0.25, -0.2) is 4.98 Å². The van der Waals surface area contributed by atoms with Crippen LogP contribution >= 0.6 is 0 Å². The summed E-state index contributed by atoms with van der Waals surface area (Å²) in [6, 6.07) is 14.7. The maximum atomic E-state index is 13.1. The Morgan fingerprint density at radius 3 is 2.58 bits per heavy atom. The first kappa shape index (κ1) is 24.4. The van der Waals surface area contributed by atoms with E-state index in [2.05, 4.69) is 26.7 Å². The number of nitrogens with zero attached hydrogens (tertiary/aromatic N) is 4. The third-order valence-corrected chi connectivity index (χ3v) is 5.52. The van der Waals surface area contributed by atoms with Crippen LogP contribution in [0.2, 0.25) is 0 Å². The van der Waals surface area contributed by atoms with Crippen LogP contribution < -0.4 is 15.4 Å². The highest BCUT2D eigenvalue weighted by Crippen LogP contribution is 2.32. The fourth-order valence-corrected chi connectivity index (χ4v) is 3.80. The minimum absolute atomic E-state index is 0.0863. The van der Waals surface area contributed by atoms with Crippen molar-refractivity contribution in [2.24, 2.45) is 0 Å². The van der Waals surface area contributed by atoms with Crippen molar-refractivity contribution in [1.82, 2.24) is 15.3 Å². The maximum absolute atomic E-state index is 13.1. The van der Waals surface area contributed by atoms with Crippen molar-refractivity contribution < 1.29 is 14.3 Å². The van der Waals surface area contributed by atoms with Crippen LogP contribution in [-0.4, -0.2) is 28.7 Å². The number of carbonyl (C=O) groups is 1. The lowest BCUT2D eigenvalue weighted by Gasteiger charge is -2.17. The molecule has 1 saturated heterocycles. The Balaban J connectivity index is 1.67. The van der Waals surface area contributed by atoms with Gasteiger partial charge in [0.2, 0.25) is 11.8 Å². The largest absolute Gasteiger partial charge is 0.437 e. The van der Waals surface area contributed by atoms with Crippen molar-refractivity contribution in [3.8, 4) is 23.8 Å². The molecule has 1 aliphatic heterocycles. The molecule has 9 nitrogen and oxygen atoms in total. The Hall–Kier alpha value is -4.73. The molecular formula is C27H24N6O3. The number of carbonyl (C=O) groups excluding carboxylic acids is 1. The number of aromatic nitrogens is 2. The monoisotopic (exact) mass is 480 g/mol. The summed E-state index contributed by atoms with van der Waals surface area (Å²) in [5.41, 5.74) is 3.88. The number of nitrogens with one attached hydrogen (secondary N) is 2. The van der Waals surface area contributed by atoms with Gasteiger partial charge in [0.15, 0.2) is 0 Å². The summed E-state index contributed by atoms with van der Waals surface area (Å²) >= 11 is 0. The molecule has 2 aromatic carbocycles. The van der Waals surface area contributed by atoms with Crippen molar-refractivity contribution in [3.63, 3.8) is 0 Å². The molecule has 1 aliphatic rings. The van der Waals surface area contributed by atoms with Gasteiger partial charge in [0, 0.05) is 24.6 Å². The van der Waals surface area contributed by atoms with Crippen molar-refractivity contribution in [2.75, 3.05) is 11.9 Å². The zero-order valence-electron chi connectivity index (χ0n) is 19.9. The van der Waals surface area contributed by atoms with Crippen molar-refractivity contribution in [3.05, 3.63) is 76.5 Å².